The van der Waals surface area contributed by atoms with Gasteiger partial charge in [-0.1, -0.05) is 0 Å². The van der Waals surface area contributed by atoms with Crippen LogP contribution < -0.4 is 15.0 Å². The number of benzene rings is 1. The Balaban J connectivity index is 1.40. The fourth-order valence-corrected chi connectivity index (χ4v) is 3.96. The summed E-state index contributed by atoms with van der Waals surface area (Å²) in [5.41, 5.74) is 2.09. The van der Waals surface area contributed by atoms with Crippen molar-refractivity contribution in [2.75, 3.05) is 37.0 Å². The molecule has 3 heterocycles. The molecule has 138 valence electrons. The van der Waals surface area contributed by atoms with Gasteiger partial charge in [0, 0.05) is 37.6 Å². The van der Waals surface area contributed by atoms with E-state index in [4.69, 9.17) is 9.47 Å². The first-order valence-electron chi connectivity index (χ1n) is 9.24. The van der Waals surface area contributed by atoms with Gasteiger partial charge < -0.3 is 19.7 Å². The van der Waals surface area contributed by atoms with Crippen LogP contribution in [-0.4, -0.2) is 48.4 Å². The summed E-state index contributed by atoms with van der Waals surface area (Å²) in [6.07, 6.45) is 6.96. The zero-order valence-electron chi connectivity index (χ0n) is 15.4. The summed E-state index contributed by atoms with van der Waals surface area (Å²) in [6, 6.07) is 8.38. The number of hydrogen-bond acceptors (Lipinski definition) is 6. The average Bonchev–Trinajstić information content (AvgIpc) is 3.04. The first-order chi connectivity index (χ1) is 12.7. The third kappa shape index (κ3) is 3.60. The Hall–Kier alpha value is -2.34. The van der Waals surface area contributed by atoms with Crippen LogP contribution in [0.4, 0.5) is 11.6 Å². The average molecular weight is 354 g/mol. The van der Waals surface area contributed by atoms with E-state index in [2.05, 4.69) is 32.3 Å². The second-order valence-corrected chi connectivity index (χ2v) is 7.35. The summed E-state index contributed by atoms with van der Waals surface area (Å²) in [7, 11) is 1.68. The van der Waals surface area contributed by atoms with Crippen LogP contribution in [0.1, 0.15) is 24.8 Å². The molecular weight excluding hydrogens is 328 g/mol. The molecular formula is C20H26N4O2. The first kappa shape index (κ1) is 17.1. The molecule has 2 aliphatic rings. The number of aryl methyl sites for hydroxylation is 1. The minimum atomic E-state index is -0.101. The molecule has 1 spiro atoms. The lowest BCUT2D eigenvalue weighted by atomic mass is 9.89. The summed E-state index contributed by atoms with van der Waals surface area (Å²) in [6.45, 7) is 4.59. The third-order valence-corrected chi connectivity index (χ3v) is 5.26. The van der Waals surface area contributed by atoms with E-state index in [0.29, 0.717) is 6.04 Å². The Morgan fingerprint density at radius 1 is 1.23 bits per heavy atom. The standard InChI is InChI=1S/C20H26N4O2/c1-15-11-21-19(22-12-15)24-9-3-8-20(14-24)10-17(13-26-20)23-16-4-6-18(25-2)7-5-16/h4-7,11-12,17,23H,3,8-10,13-14H2,1-2H3/t17-,20-/m1/s1. The summed E-state index contributed by atoms with van der Waals surface area (Å²) < 4.78 is 11.5. The molecule has 0 radical (unpaired) electrons. The van der Waals surface area contributed by atoms with Gasteiger partial charge in [-0.05, 0) is 49.6 Å². The second kappa shape index (κ2) is 7.11. The van der Waals surface area contributed by atoms with Crippen LogP contribution in [0, 0.1) is 6.92 Å². The highest BCUT2D eigenvalue weighted by molar-refractivity contribution is 5.47. The molecule has 2 atom stereocenters. The number of rotatable bonds is 4. The normalized spacial score (nSPS) is 25.5. The number of methoxy groups -OCH3 is 1. The van der Waals surface area contributed by atoms with Crippen LogP contribution in [-0.2, 0) is 4.74 Å². The van der Waals surface area contributed by atoms with Gasteiger partial charge in [0.15, 0.2) is 0 Å². The highest BCUT2D eigenvalue weighted by Gasteiger charge is 2.44. The molecule has 0 bridgehead atoms. The summed E-state index contributed by atoms with van der Waals surface area (Å²) >= 11 is 0. The molecule has 6 nitrogen and oxygen atoms in total. The zero-order chi connectivity index (χ0) is 18.0. The van der Waals surface area contributed by atoms with Crippen LogP contribution in [0.3, 0.4) is 0 Å². The van der Waals surface area contributed by atoms with Gasteiger partial charge in [0.25, 0.3) is 0 Å². The van der Waals surface area contributed by atoms with E-state index in [0.717, 1.165) is 61.9 Å². The van der Waals surface area contributed by atoms with Crippen molar-refractivity contribution >= 4 is 11.6 Å². The van der Waals surface area contributed by atoms with E-state index in [1.165, 1.54) is 0 Å². The predicted molar refractivity (Wildman–Crippen MR) is 102 cm³/mol. The molecule has 2 aliphatic heterocycles. The molecule has 2 fully saturated rings. The molecule has 0 aliphatic carbocycles. The van der Waals surface area contributed by atoms with Gasteiger partial charge in [0.05, 0.1) is 25.4 Å². The number of nitrogens with zero attached hydrogens (tertiary/aromatic N) is 3. The topological polar surface area (TPSA) is 59.5 Å². The number of hydrogen-bond donors (Lipinski definition) is 1. The van der Waals surface area contributed by atoms with E-state index in [-0.39, 0.29) is 5.60 Å². The zero-order valence-corrected chi connectivity index (χ0v) is 15.4. The van der Waals surface area contributed by atoms with Gasteiger partial charge in [-0.2, -0.15) is 0 Å². The van der Waals surface area contributed by atoms with Crippen molar-refractivity contribution in [2.24, 2.45) is 0 Å². The SMILES string of the molecule is COc1ccc(N[C@H]2CO[C@]3(CCCN(c4ncc(C)cn4)C3)C2)cc1. The maximum absolute atomic E-state index is 6.30. The Kier molecular flexibility index (Phi) is 4.68. The number of ether oxygens (including phenoxy) is 2. The first-order valence-corrected chi connectivity index (χ1v) is 9.24. The van der Waals surface area contributed by atoms with E-state index < -0.39 is 0 Å². The van der Waals surface area contributed by atoms with Crippen molar-refractivity contribution in [1.82, 2.24) is 9.97 Å². The molecule has 26 heavy (non-hydrogen) atoms. The van der Waals surface area contributed by atoms with Crippen LogP contribution >= 0.6 is 0 Å². The fourth-order valence-electron chi connectivity index (χ4n) is 3.96. The van der Waals surface area contributed by atoms with E-state index in [9.17, 15) is 0 Å². The van der Waals surface area contributed by atoms with Crippen molar-refractivity contribution in [2.45, 2.75) is 37.8 Å². The Bertz CT molecular complexity index is 734. The van der Waals surface area contributed by atoms with Crippen LogP contribution in [0.15, 0.2) is 36.7 Å². The van der Waals surface area contributed by atoms with Gasteiger partial charge in [0.1, 0.15) is 5.75 Å². The fraction of sp³-hybridized carbons (Fsp3) is 0.500. The minimum absolute atomic E-state index is 0.101. The minimum Gasteiger partial charge on any atom is -0.497 e. The molecule has 2 saturated heterocycles. The molecule has 0 unspecified atom stereocenters. The molecule has 1 aromatic carbocycles. The summed E-state index contributed by atoms with van der Waals surface area (Å²) in [4.78, 5) is 11.2. The van der Waals surface area contributed by atoms with Gasteiger partial charge in [0.2, 0.25) is 5.95 Å². The van der Waals surface area contributed by atoms with E-state index >= 15 is 0 Å². The number of aromatic nitrogens is 2. The largest absolute Gasteiger partial charge is 0.497 e. The Morgan fingerprint density at radius 3 is 2.73 bits per heavy atom. The lowest BCUT2D eigenvalue weighted by Gasteiger charge is -2.39. The number of piperidine rings is 1. The molecule has 0 saturated carbocycles. The summed E-state index contributed by atoms with van der Waals surface area (Å²) in [5.74, 6) is 1.68. The van der Waals surface area contributed by atoms with Gasteiger partial charge in [-0.25, -0.2) is 9.97 Å². The molecule has 1 aromatic heterocycles. The molecule has 4 rings (SSSR count). The van der Waals surface area contributed by atoms with E-state index in [1.54, 1.807) is 7.11 Å². The number of anilines is 2. The van der Waals surface area contributed by atoms with Crippen molar-refractivity contribution in [1.29, 1.82) is 0 Å². The van der Waals surface area contributed by atoms with Crippen LogP contribution in [0.5, 0.6) is 5.75 Å². The Labute approximate surface area is 154 Å². The Morgan fingerprint density at radius 2 is 2.00 bits per heavy atom. The highest BCUT2D eigenvalue weighted by Crippen LogP contribution is 2.36. The van der Waals surface area contributed by atoms with Crippen molar-refractivity contribution in [3.8, 4) is 5.75 Å². The second-order valence-electron chi connectivity index (χ2n) is 7.35. The highest BCUT2D eigenvalue weighted by atomic mass is 16.5. The molecule has 2 aromatic rings. The van der Waals surface area contributed by atoms with Crippen molar-refractivity contribution in [3.63, 3.8) is 0 Å². The monoisotopic (exact) mass is 354 g/mol. The van der Waals surface area contributed by atoms with Crippen LogP contribution in [0.2, 0.25) is 0 Å². The van der Waals surface area contributed by atoms with E-state index in [1.807, 2.05) is 31.5 Å². The van der Waals surface area contributed by atoms with Gasteiger partial charge >= 0.3 is 0 Å². The maximum atomic E-state index is 6.30. The van der Waals surface area contributed by atoms with Crippen molar-refractivity contribution in [3.05, 3.63) is 42.2 Å². The lowest BCUT2D eigenvalue weighted by molar-refractivity contribution is -0.00668. The summed E-state index contributed by atoms with van der Waals surface area (Å²) in [5, 5.41) is 3.60. The molecule has 0 amide bonds. The quantitative estimate of drug-likeness (QED) is 0.911. The maximum Gasteiger partial charge on any atom is 0.225 e. The van der Waals surface area contributed by atoms with Crippen LogP contribution in [0.25, 0.3) is 0 Å². The number of nitrogens with one attached hydrogen (secondary N) is 1. The van der Waals surface area contributed by atoms with Gasteiger partial charge in [-0.15, -0.1) is 0 Å². The third-order valence-electron chi connectivity index (χ3n) is 5.26. The molecule has 1 N–H and O–H groups in total. The van der Waals surface area contributed by atoms with Crippen molar-refractivity contribution < 1.29 is 9.47 Å². The smallest absolute Gasteiger partial charge is 0.225 e. The predicted octanol–water partition coefficient (Wildman–Crippen LogP) is 3.03. The molecule has 6 heteroatoms. The van der Waals surface area contributed by atoms with Gasteiger partial charge in [-0.3, -0.25) is 0 Å². The lowest BCUT2D eigenvalue weighted by Crippen LogP contribution is -2.48.